The Bertz CT molecular complexity index is 482. The third kappa shape index (κ3) is 1.92. The van der Waals surface area contributed by atoms with Gasteiger partial charge in [0.25, 0.3) is 0 Å². The maximum atomic E-state index is 12.1. The standard InChI is InChI=1S/C20H32O2/c1-12(21)16-6-7-17-14-4-5-18-15(9-11-20(18,3)22)13(14)8-10-19(16,17)2/h13-18,22H,4-11H2,1-3H3/t13-,14+,15+,16+,17-,18+,19+,20-/m0/s1. The van der Waals surface area contributed by atoms with Crippen molar-refractivity contribution < 1.29 is 9.90 Å². The van der Waals surface area contributed by atoms with Crippen molar-refractivity contribution >= 4 is 5.78 Å². The highest BCUT2D eigenvalue weighted by Crippen LogP contribution is 2.65. The maximum absolute atomic E-state index is 12.1. The van der Waals surface area contributed by atoms with E-state index in [1.807, 2.05) is 6.92 Å². The maximum Gasteiger partial charge on any atom is 0.133 e. The van der Waals surface area contributed by atoms with E-state index < -0.39 is 5.60 Å². The van der Waals surface area contributed by atoms with Crippen molar-refractivity contribution in [1.82, 2.24) is 0 Å². The van der Waals surface area contributed by atoms with Crippen LogP contribution in [-0.4, -0.2) is 16.5 Å². The Hall–Kier alpha value is -0.370. The van der Waals surface area contributed by atoms with E-state index in [2.05, 4.69) is 13.8 Å². The number of rotatable bonds is 1. The number of hydrogen-bond donors (Lipinski definition) is 1. The van der Waals surface area contributed by atoms with Gasteiger partial charge in [-0.15, -0.1) is 0 Å². The molecule has 4 aliphatic carbocycles. The van der Waals surface area contributed by atoms with Crippen LogP contribution in [0, 0.1) is 40.9 Å². The van der Waals surface area contributed by atoms with Gasteiger partial charge in [-0.2, -0.15) is 0 Å². The minimum atomic E-state index is -0.409. The van der Waals surface area contributed by atoms with Crippen LogP contribution in [0.25, 0.3) is 0 Å². The average Bonchev–Trinajstić information content (AvgIpc) is 2.96. The predicted molar refractivity (Wildman–Crippen MR) is 87.3 cm³/mol. The molecule has 4 rings (SSSR count). The largest absolute Gasteiger partial charge is 0.390 e. The van der Waals surface area contributed by atoms with Gasteiger partial charge in [-0.25, -0.2) is 0 Å². The molecule has 0 aliphatic heterocycles. The van der Waals surface area contributed by atoms with Gasteiger partial charge in [-0.1, -0.05) is 6.92 Å². The van der Waals surface area contributed by atoms with Crippen LogP contribution in [0.4, 0.5) is 0 Å². The molecule has 4 fully saturated rings. The molecule has 0 spiro atoms. The van der Waals surface area contributed by atoms with Crippen molar-refractivity contribution in [3.05, 3.63) is 0 Å². The molecule has 0 radical (unpaired) electrons. The van der Waals surface area contributed by atoms with Crippen LogP contribution < -0.4 is 0 Å². The Morgan fingerprint density at radius 3 is 2.23 bits per heavy atom. The molecule has 8 atom stereocenters. The minimum absolute atomic E-state index is 0.279. The summed E-state index contributed by atoms with van der Waals surface area (Å²) in [7, 11) is 0. The van der Waals surface area contributed by atoms with Gasteiger partial charge in [-0.05, 0) is 100 Å². The second-order valence-electron chi connectivity index (χ2n) is 9.46. The molecule has 0 bridgehead atoms. The van der Waals surface area contributed by atoms with Crippen LogP contribution in [0.5, 0.6) is 0 Å². The Kier molecular flexibility index (Phi) is 3.32. The topological polar surface area (TPSA) is 37.3 Å². The summed E-state index contributed by atoms with van der Waals surface area (Å²) in [5.74, 6) is 4.49. The number of carbonyl (C=O) groups is 1. The number of fused-ring (bicyclic) bond motifs is 5. The zero-order chi connectivity index (χ0) is 15.7. The Balaban J connectivity index is 1.60. The normalized spacial score (nSPS) is 57.1. The van der Waals surface area contributed by atoms with Crippen LogP contribution in [-0.2, 0) is 4.79 Å². The van der Waals surface area contributed by atoms with Crippen molar-refractivity contribution in [2.45, 2.75) is 77.7 Å². The van der Waals surface area contributed by atoms with E-state index in [0.29, 0.717) is 17.6 Å². The molecule has 0 aromatic heterocycles. The molecule has 124 valence electrons. The summed E-state index contributed by atoms with van der Waals surface area (Å²) in [5, 5.41) is 10.7. The molecule has 2 heteroatoms. The van der Waals surface area contributed by atoms with E-state index in [0.717, 1.165) is 36.5 Å². The molecular formula is C20H32O2. The monoisotopic (exact) mass is 304 g/mol. The first-order valence-electron chi connectivity index (χ1n) is 9.57. The lowest BCUT2D eigenvalue weighted by Gasteiger charge is -2.54. The summed E-state index contributed by atoms with van der Waals surface area (Å²) in [6.07, 6.45) is 9.71. The van der Waals surface area contributed by atoms with E-state index in [1.165, 1.54) is 38.5 Å². The van der Waals surface area contributed by atoms with Gasteiger partial charge in [-0.3, -0.25) is 4.79 Å². The lowest BCUT2D eigenvalue weighted by atomic mass is 9.51. The molecule has 22 heavy (non-hydrogen) atoms. The summed E-state index contributed by atoms with van der Waals surface area (Å²) in [4.78, 5) is 12.1. The molecule has 0 aromatic carbocycles. The number of carbonyl (C=O) groups excluding carboxylic acids is 1. The fourth-order valence-corrected chi connectivity index (χ4v) is 7.65. The summed E-state index contributed by atoms with van der Waals surface area (Å²) in [6, 6.07) is 0. The Labute approximate surface area is 135 Å². The minimum Gasteiger partial charge on any atom is -0.390 e. The van der Waals surface area contributed by atoms with Crippen LogP contribution in [0.15, 0.2) is 0 Å². The zero-order valence-corrected chi connectivity index (χ0v) is 14.5. The third-order valence-electron chi connectivity index (χ3n) is 8.64. The van der Waals surface area contributed by atoms with E-state index in [-0.39, 0.29) is 5.41 Å². The summed E-state index contributed by atoms with van der Waals surface area (Å²) < 4.78 is 0. The van der Waals surface area contributed by atoms with Gasteiger partial charge in [0, 0.05) is 5.92 Å². The molecule has 0 heterocycles. The third-order valence-corrected chi connectivity index (χ3v) is 8.64. The van der Waals surface area contributed by atoms with Crippen molar-refractivity contribution in [3.8, 4) is 0 Å². The fraction of sp³-hybridized carbons (Fsp3) is 0.950. The molecule has 0 saturated heterocycles. The van der Waals surface area contributed by atoms with Crippen molar-refractivity contribution in [3.63, 3.8) is 0 Å². The van der Waals surface area contributed by atoms with Crippen LogP contribution in [0.2, 0.25) is 0 Å². The Morgan fingerprint density at radius 2 is 1.50 bits per heavy atom. The summed E-state index contributed by atoms with van der Waals surface area (Å²) >= 11 is 0. The van der Waals surface area contributed by atoms with Gasteiger partial charge in [0.05, 0.1) is 5.60 Å². The first-order chi connectivity index (χ1) is 10.3. The number of aliphatic hydroxyl groups is 1. The fourth-order valence-electron chi connectivity index (χ4n) is 7.65. The second-order valence-corrected chi connectivity index (χ2v) is 9.46. The van der Waals surface area contributed by atoms with Gasteiger partial charge < -0.3 is 5.11 Å². The van der Waals surface area contributed by atoms with Crippen molar-refractivity contribution in [2.24, 2.45) is 40.9 Å². The van der Waals surface area contributed by atoms with E-state index in [1.54, 1.807) is 0 Å². The van der Waals surface area contributed by atoms with Gasteiger partial charge >= 0.3 is 0 Å². The lowest BCUT2D eigenvalue weighted by molar-refractivity contribution is -0.128. The molecule has 0 aromatic rings. The SMILES string of the molecule is CC(=O)[C@H]1CC[C@H]2[C@@H]3CC[C@@H]4[C@H](CC[C@]4(C)O)[C@H]3CC[C@]12C. The lowest BCUT2D eigenvalue weighted by Crippen LogP contribution is -2.49. The Morgan fingerprint density at radius 1 is 0.864 bits per heavy atom. The van der Waals surface area contributed by atoms with Gasteiger partial charge in [0.15, 0.2) is 0 Å². The number of Topliss-reactive ketones (excluding diaryl/α,β-unsaturated/α-hetero) is 1. The van der Waals surface area contributed by atoms with Crippen LogP contribution in [0.3, 0.4) is 0 Å². The summed E-state index contributed by atoms with van der Waals surface area (Å²) in [6.45, 7) is 6.31. The highest BCUT2D eigenvalue weighted by Gasteiger charge is 2.60. The second kappa shape index (κ2) is 4.82. The molecule has 0 unspecified atom stereocenters. The first-order valence-corrected chi connectivity index (χ1v) is 9.57. The molecule has 4 aliphatic rings. The highest BCUT2D eigenvalue weighted by molar-refractivity contribution is 5.79. The molecule has 4 saturated carbocycles. The van der Waals surface area contributed by atoms with Crippen LogP contribution >= 0.6 is 0 Å². The highest BCUT2D eigenvalue weighted by atomic mass is 16.3. The quantitative estimate of drug-likeness (QED) is 0.788. The van der Waals surface area contributed by atoms with E-state index >= 15 is 0 Å². The smallest absolute Gasteiger partial charge is 0.133 e. The average molecular weight is 304 g/mol. The molecule has 0 amide bonds. The zero-order valence-electron chi connectivity index (χ0n) is 14.5. The van der Waals surface area contributed by atoms with Gasteiger partial charge in [0.2, 0.25) is 0 Å². The first kappa shape index (κ1) is 15.2. The van der Waals surface area contributed by atoms with Crippen molar-refractivity contribution in [1.29, 1.82) is 0 Å². The van der Waals surface area contributed by atoms with Crippen LogP contribution in [0.1, 0.15) is 72.1 Å². The van der Waals surface area contributed by atoms with Crippen molar-refractivity contribution in [2.75, 3.05) is 0 Å². The van der Waals surface area contributed by atoms with Gasteiger partial charge in [0.1, 0.15) is 5.78 Å². The molecular weight excluding hydrogens is 272 g/mol. The molecule has 2 nitrogen and oxygen atoms in total. The summed E-state index contributed by atoms with van der Waals surface area (Å²) in [5.41, 5.74) is -0.130. The predicted octanol–water partition coefficient (Wildman–Crippen LogP) is 4.21. The molecule has 1 N–H and O–H groups in total. The van der Waals surface area contributed by atoms with E-state index in [9.17, 15) is 9.90 Å². The van der Waals surface area contributed by atoms with E-state index in [4.69, 9.17) is 0 Å². The number of ketones is 1. The number of hydrogen-bond acceptors (Lipinski definition) is 2.